The molecule has 13 nitrogen and oxygen atoms in total. The number of benzene rings is 2. The lowest BCUT2D eigenvalue weighted by Crippen LogP contribution is -2.70. The van der Waals surface area contributed by atoms with E-state index in [1.165, 1.54) is 0 Å². The second-order valence-corrected chi connectivity index (χ2v) is 14.7. The molecular formula is C45H60N2O11. The van der Waals surface area contributed by atoms with Crippen molar-refractivity contribution in [2.24, 2.45) is 22.9 Å². The van der Waals surface area contributed by atoms with Crippen molar-refractivity contribution >= 4 is 18.1 Å². The number of rotatable bonds is 25. The van der Waals surface area contributed by atoms with Gasteiger partial charge in [0.25, 0.3) is 0 Å². The van der Waals surface area contributed by atoms with E-state index in [1.54, 1.807) is 41.3 Å². The number of fused-ring (bicyclic) bond motifs is 2. The monoisotopic (exact) mass is 804 g/mol. The van der Waals surface area contributed by atoms with E-state index in [0.717, 1.165) is 43.1 Å². The Morgan fingerprint density at radius 2 is 1.78 bits per heavy atom. The summed E-state index contributed by atoms with van der Waals surface area (Å²) >= 11 is 0. The largest absolute Gasteiger partial charge is 0.459 e. The fourth-order valence-electron chi connectivity index (χ4n) is 8.66. The predicted octanol–water partition coefficient (Wildman–Crippen LogP) is 6.97. The van der Waals surface area contributed by atoms with Crippen LogP contribution in [-0.2, 0) is 19.0 Å². The Morgan fingerprint density at radius 1 is 0.983 bits per heavy atom. The Bertz CT molecular complexity index is 1730. The molecule has 1 fully saturated rings. The standard InChI is InChI=1S/C45H60N2O11/c1-4-7-24-54-44(52)47(19-25-53-26-22-50)41-30-39(46-56-6-3)37-28-33(14-8-10-20-48)36(16-9-11-21-49)42-38-29-35(57-34-15-12-13-32(27-34)31-51)17-18-40(38)58-45(41,43(37)42)55-23-5-2/h4-5,12-13,15,17-18,27-29,31,33,36,41-43,48-50H,1-2,6-11,14,16,19-26,30H2,3H3/t33-,36+,41-,42+,43+,45+/m0/s1. The number of oxime groups is 1. The quantitative estimate of drug-likeness (QED) is 0.0411. The van der Waals surface area contributed by atoms with E-state index in [-0.39, 0.29) is 77.0 Å². The molecule has 0 unspecified atom stereocenters. The third kappa shape index (κ3) is 10.6. The van der Waals surface area contributed by atoms with Crippen LogP contribution in [-0.4, -0.2) is 110 Å². The lowest BCUT2D eigenvalue weighted by Gasteiger charge is -2.59. The first kappa shape index (κ1) is 44.6. The predicted molar refractivity (Wildman–Crippen MR) is 219 cm³/mol. The van der Waals surface area contributed by atoms with Crippen molar-refractivity contribution in [3.8, 4) is 17.2 Å². The molecule has 1 amide bonds. The Kier molecular flexibility index (Phi) is 17.3. The molecule has 0 saturated heterocycles. The van der Waals surface area contributed by atoms with E-state index in [9.17, 15) is 24.9 Å². The first-order valence-corrected chi connectivity index (χ1v) is 20.6. The number of carbonyl (C=O) groups excluding carboxylic acids is 2. The number of ether oxygens (including phenoxy) is 5. The summed E-state index contributed by atoms with van der Waals surface area (Å²) in [6, 6.07) is 11.8. The van der Waals surface area contributed by atoms with Gasteiger partial charge in [0.2, 0.25) is 5.79 Å². The van der Waals surface area contributed by atoms with Crippen LogP contribution in [0, 0.1) is 17.8 Å². The van der Waals surface area contributed by atoms with Crippen LogP contribution in [0.2, 0.25) is 0 Å². The van der Waals surface area contributed by atoms with Gasteiger partial charge in [0, 0.05) is 43.2 Å². The molecule has 1 aliphatic heterocycles. The topological polar surface area (TPSA) is 166 Å². The molecule has 316 valence electrons. The van der Waals surface area contributed by atoms with E-state index < -0.39 is 23.8 Å². The molecule has 2 aromatic carbocycles. The van der Waals surface area contributed by atoms with Gasteiger partial charge in [0.15, 0.2) is 0 Å². The van der Waals surface area contributed by atoms with Gasteiger partial charge in [0.05, 0.1) is 44.7 Å². The molecule has 3 aliphatic rings. The summed E-state index contributed by atoms with van der Waals surface area (Å²) in [5, 5.41) is 33.9. The van der Waals surface area contributed by atoms with Crippen LogP contribution in [0.3, 0.4) is 0 Å². The van der Waals surface area contributed by atoms with Crippen molar-refractivity contribution in [3.63, 3.8) is 0 Å². The Balaban J connectivity index is 1.76. The maximum Gasteiger partial charge on any atom is 0.410 e. The van der Waals surface area contributed by atoms with Crippen molar-refractivity contribution in [2.45, 2.75) is 76.0 Å². The fourth-order valence-corrected chi connectivity index (χ4v) is 8.66. The molecule has 13 heteroatoms. The molecule has 2 aromatic rings. The lowest BCUT2D eigenvalue weighted by atomic mass is 9.55. The van der Waals surface area contributed by atoms with Gasteiger partial charge in [-0.2, -0.15) is 0 Å². The molecule has 3 N–H and O–H groups in total. The van der Waals surface area contributed by atoms with Crippen molar-refractivity contribution in [3.05, 3.63) is 90.6 Å². The number of carbonyl (C=O) groups is 2. The van der Waals surface area contributed by atoms with Crippen molar-refractivity contribution in [2.75, 3.05) is 59.4 Å². The highest BCUT2D eigenvalue weighted by atomic mass is 16.7. The third-order valence-corrected chi connectivity index (χ3v) is 11.0. The zero-order valence-corrected chi connectivity index (χ0v) is 33.7. The number of aliphatic hydroxyl groups excluding tert-OH is 3. The zero-order chi connectivity index (χ0) is 41.3. The molecule has 1 heterocycles. The van der Waals surface area contributed by atoms with E-state index in [2.05, 4.69) is 19.2 Å². The minimum atomic E-state index is -1.48. The number of allylic oxidation sites excluding steroid dienone is 1. The molecule has 0 spiro atoms. The number of amides is 1. The Labute approximate surface area is 341 Å². The molecule has 58 heavy (non-hydrogen) atoms. The van der Waals surface area contributed by atoms with Gasteiger partial charge in [-0.1, -0.05) is 48.4 Å². The highest BCUT2D eigenvalue weighted by Gasteiger charge is 2.65. The minimum Gasteiger partial charge on any atom is -0.459 e. The summed E-state index contributed by atoms with van der Waals surface area (Å²) in [5.41, 5.74) is 2.94. The summed E-state index contributed by atoms with van der Waals surface area (Å²) < 4.78 is 32.1. The second-order valence-electron chi connectivity index (χ2n) is 14.7. The zero-order valence-electron chi connectivity index (χ0n) is 33.7. The summed E-state index contributed by atoms with van der Waals surface area (Å²) in [6.45, 7) is 10.4. The van der Waals surface area contributed by atoms with Crippen LogP contribution in [0.1, 0.15) is 80.1 Å². The third-order valence-electron chi connectivity index (χ3n) is 11.0. The lowest BCUT2D eigenvalue weighted by molar-refractivity contribution is -0.256. The number of aldehydes is 1. The van der Waals surface area contributed by atoms with Crippen molar-refractivity contribution in [1.29, 1.82) is 0 Å². The highest BCUT2D eigenvalue weighted by Crippen LogP contribution is 2.62. The molecule has 1 saturated carbocycles. The molecule has 5 rings (SSSR count). The van der Waals surface area contributed by atoms with Crippen LogP contribution in [0.25, 0.3) is 0 Å². The first-order valence-electron chi connectivity index (χ1n) is 20.6. The van der Waals surface area contributed by atoms with Gasteiger partial charge >= 0.3 is 6.09 Å². The SMILES string of the molecule is C=CCCOC(=O)N(CCOCCO)[C@H]1CC(=NOCC)C2=C[C@H](CCCCO)[C@@H](CCCCO)[C@@H]3c4cc(Oc5cccc(C=O)c5)ccc4O[C@@]1(OCC=C)[C@H]23. The van der Waals surface area contributed by atoms with Gasteiger partial charge < -0.3 is 43.8 Å². The molecule has 0 radical (unpaired) electrons. The van der Waals surface area contributed by atoms with Gasteiger partial charge in [-0.15, -0.1) is 13.2 Å². The summed E-state index contributed by atoms with van der Waals surface area (Å²) in [4.78, 5) is 33.2. The number of hydrogen-bond donors (Lipinski definition) is 3. The average Bonchev–Trinajstić information content (AvgIpc) is 3.24. The maximum absolute atomic E-state index is 14.3. The van der Waals surface area contributed by atoms with E-state index >= 15 is 0 Å². The van der Waals surface area contributed by atoms with Crippen molar-refractivity contribution in [1.82, 2.24) is 4.90 Å². The van der Waals surface area contributed by atoms with Crippen LogP contribution >= 0.6 is 0 Å². The average molecular weight is 805 g/mol. The normalized spacial score (nSPS) is 23.8. The molecule has 6 atom stereocenters. The van der Waals surface area contributed by atoms with E-state index in [1.807, 2.05) is 25.1 Å². The van der Waals surface area contributed by atoms with Gasteiger partial charge in [-0.25, -0.2) is 4.79 Å². The number of hydrogen-bond acceptors (Lipinski definition) is 12. The van der Waals surface area contributed by atoms with E-state index in [4.69, 9.17) is 33.7 Å². The highest BCUT2D eigenvalue weighted by molar-refractivity contribution is 6.03. The summed E-state index contributed by atoms with van der Waals surface area (Å²) in [6.07, 6.45) is 10.9. The van der Waals surface area contributed by atoms with Crippen LogP contribution < -0.4 is 9.47 Å². The summed E-state index contributed by atoms with van der Waals surface area (Å²) in [5.74, 6) is -0.596. The molecular weight excluding hydrogens is 744 g/mol. The van der Waals surface area contributed by atoms with Crippen LogP contribution in [0.15, 0.2) is 84.6 Å². The second kappa shape index (κ2) is 22.6. The number of aliphatic hydroxyl groups is 3. The maximum atomic E-state index is 14.3. The van der Waals surface area contributed by atoms with Crippen LogP contribution in [0.5, 0.6) is 17.2 Å². The number of unbranched alkanes of at least 4 members (excludes halogenated alkanes) is 2. The first-order chi connectivity index (χ1) is 28.4. The molecule has 0 bridgehead atoms. The number of nitrogens with zero attached hydrogens (tertiary/aromatic N) is 2. The van der Waals surface area contributed by atoms with Gasteiger partial charge in [-0.3, -0.25) is 9.69 Å². The van der Waals surface area contributed by atoms with E-state index in [0.29, 0.717) is 54.4 Å². The van der Waals surface area contributed by atoms with Gasteiger partial charge in [0.1, 0.15) is 36.2 Å². The Hall–Kier alpha value is -4.53. The van der Waals surface area contributed by atoms with Crippen LogP contribution in [0.4, 0.5) is 4.79 Å². The van der Waals surface area contributed by atoms with Gasteiger partial charge in [-0.05, 0) is 86.8 Å². The minimum absolute atomic E-state index is 0.00923. The Morgan fingerprint density at radius 3 is 2.50 bits per heavy atom. The van der Waals surface area contributed by atoms with Crippen molar-refractivity contribution < 1.29 is 53.4 Å². The summed E-state index contributed by atoms with van der Waals surface area (Å²) in [7, 11) is 0. The molecule has 0 aromatic heterocycles. The smallest absolute Gasteiger partial charge is 0.410 e. The fraction of sp³-hybridized carbons (Fsp3) is 0.533. The molecule has 2 aliphatic carbocycles.